The molecule has 76 valence electrons. The zero-order valence-corrected chi connectivity index (χ0v) is 7.57. The van der Waals surface area contributed by atoms with Crippen LogP contribution in [0.5, 0.6) is 0 Å². The lowest BCUT2D eigenvalue weighted by atomic mass is 10.3. The topological polar surface area (TPSA) is 84.7 Å². The summed E-state index contributed by atoms with van der Waals surface area (Å²) in [6, 6.07) is 3.80. The molecular weight excluding hydrogens is 199 g/mol. The molecule has 2 heterocycles. The quantitative estimate of drug-likeness (QED) is 0.713. The van der Waals surface area contributed by atoms with Crippen LogP contribution in [-0.2, 0) is 0 Å². The van der Waals surface area contributed by atoms with E-state index < -0.39 is 5.82 Å². The molecule has 5 nitrogen and oxygen atoms in total. The van der Waals surface area contributed by atoms with E-state index in [0.717, 1.165) is 12.3 Å². The van der Waals surface area contributed by atoms with Gasteiger partial charge in [-0.3, -0.25) is 4.79 Å². The van der Waals surface area contributed by atoms with Crippen LogP contribution in [0.15, 0.2) is 29.2 Å². The van der Waals surface area contributed by atoms with Crippen molar-refractivity contribution in [1.29, 1.82) is 0 Å². The lowest BCUT2D eigenvalue weighted by Crippen LogP contribution is -2.10. The first-order chi connectivity index (χ1) is 7.15. The summed E-state index contributed by atoms with van der Waals surface area (Å²) in [6.45, 7) is 0. The second kappa shape index (κ2) is 3.49. The van der Waals surface area contributed by atoms with Crippen LogP contribution < -0.4 is 11.3 Å². The fourth-order valence-corrected chi connectivity index (χ4v) is 1.11. The van der Waals surface area contributed by atoms with Gasteiger partial charge in [0.2, 0.25) is 0 Å². The summed E-state index contributed by atoms with van der Waals surface area (Å²) < 4.78 is 12.6. The molecule has 0 atom stereocenters. The SMILES string of the molecule is Nc1cc(=O)[nH]c(-c2ccc(F)cn2)n1. The summed E-state index contributed by atoms with van der Waals surface area (Å²) in [7, 11) is 0. The predicted octanol–water partition coefficient (Wildman–Crippen LogP) is 0.553. The Kier molecular flexibility index (Phi) is 2.17. The Hall–Kier alpha value is -2.24. The van der Waals surface area contributed by atoms with Crippen LogP contribution in [0, 0.1) is 5.82 Å². The molecule has 2 rings (SSSR count). The summed E-state index contributed by atoms with van der Waals surface area (Å²) >= 11 is 0. The molecule has 0 aliphatic carbocycles. The summed E-state index contributed by atoms with van der Waals surface area (Å²) in [4.78, 5) is 21.2. The molecule has 3 N–H and O–H groups in total. The summed E-state index contributed by atoms with van der Waals surface area (Å²) in [5.41, 5.74) is 5.38. The largest absolute Gasteiger partial charge is 0.383 e. The number of nitrogens with zero attached hydrogens (tertiary/aromatic N) is 2. The molecule has 0 amide bonds. The lowest BCUT2D eigenvalue weighted by molar-refractivity contribution is 0.621. The number of hydrogen-bond acceptors (Lipinski definition) is 4. The van der Waals surface area contributed by atoms with Gasteiger partial charge in [-0.1, -0.05) is 0 Å². The fraction of sp³-hybridized carbons (Fsp3) is 0. The van der Waals surface area contributed by atoms with E-state index in [1.807, 2.05) is 0 Å². The third-order valence-electron chi connectivity index (χ3n) is 1.73. The molecular formula is C9H7FN4O. The first kappa shape index (κ1) is 9.32. The molecule has 6 heteroatoms. The number of rotatable bonds is 1. The van der Waals surface area contributed by atoms with Crippen LogP contribution in [-0.4, -0.2) is 15.0 Å². The van der Waals surface area contributed by atoms with Crippen LogP contribution in [0.3, 0.4) is 0 Å². The van der Waals surface area contributed by atoms with Crippen LogP contribution in [0.4, 0.5) is 10.2 Å². The highest BCUT2D eigenvalue weighted by molar-refractivity contribution is 5.50. The van der Waals surface area contributed by atoms with E-state index in [0.29, 0.717) is 5.69 Å². The van der Waals surface area contributed by atoms with Gasteiger partial charge in [0.15, 0.2) is 5.82 Å². The van der Waals surface area contributed by atoms with Crippen molar-refractivity contribution in [1.82, 2.24) is 15.0 Å². The zero-order chi connectivity index (χ0) is 10.8. The van der Waals surface area contributed by atoms with Gasteiger partial charge < -0.3 is 10.7 Å². The first-order valence-electron chi connectivity index (χ1n) is 4.14. The summed E-state index contributed by atoms with van der Waals surface area (Å²) in [5, 5.41) is 0. The number of aromatic nitrogens is 3. The minimum Gasteiger partial charge on any atom is -0.383 e. The second-order valence-electron chi connectivity index (χ2n) is 2.88. The van der Waals surface area contributed by atoms with Crippen molar-refractivity contribution >= 4 is 5.82 Å². The van der Waals surface area contributed by atoms with Gasteiger partial charge in [0.25, 0.3) is 5.56 Å². The first-order valence-corrected chi connectivity index (χ1v) is 4.14. The highest BCUT2D eigenvalue weighted by Gasteiger charge is 2.03. The Balaban J connectivity index is 2.54. The minimum absolute atomic E-state index is 0.0971. The van der Waals surface area contributed by atoms with E-state index in [9.17, 15) is 9.18 Å². The maximum absolute atomic E-state index is 12.6. The Morgan fingerprint density at radius 2 is 2.20 bits per heavy atom. The molecule has 0 saturated carbocycles. The van der Waals surface area contributed by atoms with E-state index in [2.05, 4.69) is 15.0 Å². The lowest BCUT2D eigenvalue weighted by Gasteiger charge is -1.99. The molecule has 0 unspecified atom stereocenters. The van der Waals surface area contributed by atoms with Crippen molar-refractivity contribution in [2.45, 2.75) is 0 Å². The van der Waals surface area contributed by atoms with Crippen molar-refractivity contribution in [3.05, 3.63) is 40.6 Å². The highest BCUT2D eigenvalue weighted by atomic mass is 19.1. The highest BCUT2D eigenvalue weighted by Crippen LogP contribution is 2.10. The fourth-order valence-electron chi connectivity index (χ4n) is 1.11. The number of nitrogens with two attached hydrogens (primary N) is 1. The number of anilines is 1. The standard InChI is InChI=1S/C9H7FN4O/c10-5-1-2-6(12-4-5)9-13-7(11)3-8(15)14-9/h1-4H,(H3,11,13,14,15). The van der Waals surface area contributed by atoms with Crippen molar-refractivity contribution in [2.24, 2.45) is 0 Å². The van der Waals surface area contributed by atoms with E-state index in [4.69, 9.17) is 5.73 Å². The van der Waals surface area contributed by atoms with Gasteiger partial charge in [-0.2, -0.15) is 0 Å². The number of nitrogens with one attached hydrogen (secondary N) is 1. The summed E-state index contributed by atoms with van der Waals surface area (Å²) in [5.74, 6) is -0.134. The molecule has 0 saturated heterocycles. The number of hydrogen-bond donors (Lipinski definition) is 2. The minimum atomic E-state index is -0.454. The molecule has 0 spiro atoms. The van der Waals surface area contributed by atoms with Crippen molar-refractivity contribution in [2.75, 3.05) is 5.73 Å². The molecule has 15 heavy (non-hydrogen) atoms. The van der Waals surface area contributed by atoms with Gasteiger partial charge in [0, 0.05) is 6.07 Å². The van der Waals surface area contributed by atoms with Gasteiger partial charge in [0.05, 0.1) is 6.20 Å². The summed E-state index contributed by atoms with van der Waals surface area (Å²) in [6.07, 6.45) is 1.04. The third-order valence-corrected chi connectivity index (χ3v) is 1.73. The number of aromatic amines is 1. The average molecular weight is 206 g/mol. The zero-order valence-electron chi connectivity index (χ0n) is 7.57. The molecule has 2 aromatic heterocycles. The Morgan fingerprint density at radius 1 is 1.40 bits per heavy atom. The molecule has 0 fully saturated rings. The van der Waals surface area contributed by atoms with E-state index in [1.165, 1.54) is 12.1 Å². The van der Waals surface area contributed by atoms with Crippen LogP contribution in [0.1, 0.15) is 0 Å². The molecule has 0 bridgehead atoms. The van der Waals surface area contributed by atoms with Gasteiger partial charge in [-0.15, -0.1) is 0 Å². The van der Waals surface area contributed by atoms with Crippen molar-refractivity contribution in [3.63, 3.8) is 0 Å². The molecule has 2 aromatic rings. The Labute approximate surface area is 83.8 Å². The van der Waals surface area contributed by atoms with E-state index >= 15 is 0 Å². The number of pyridine rings is 1. The monoisotopic (exact) mass is 206 g/mol. The van der Waals surface area contributed by atoms with Crippen LogP contribution >= 0.6 is 0 Å². The molecule has 0 aliphatic rings. The maximum atomic E-state index is 12.6. The number of halogens is 1. The van der Waals surface area contributed by atoms with Crippen molar-refractivity contribution in [3.8, 4) is 11.5 Å². The maximum Gasteiger partial charge on any atom is 0.253 e. The Bertz CT molecular complexity index is 535. The third kappa shape index (κ3) is 1.98. The molecule has 0 radical (unpaired) electrons. The number of H-pyrrole nitrogens is 1. The van der Waals surface area contributed by atoms with Crippen molar-refractivity contribution < 1.29 is 4.39 Å². The Morgan fingerprint density at radius 3 is 2.80 bits per heavy atom. The molecule has 0 aromatic carbocycles. The molecule has 0 aliphatic heterocycles. The van der Waals surface area contributed by atoms with Gasteiger partial charge in [0.1, 0.15) is 17.3 Å². The smallest absolute Gasteiger partial charge is 0.253 e. The normalized spacial score (nSPS) is 10.2. The van der Waals surface area contributed by atoms with Crippen LogP contribution in [0.2, 0.25) is 0 Å². The van der Waals surface area contributed by atoms with Gasteiger partial charge in [-0.25, -0.2) is 14.4 Å². The number of nitrogen functional groups attached to an aromatic ring is 1. The second-order valence-corrected chi connectivity index (χ2v) is 2.88. The van der Waals surface area contributed by atoms with E-state index in [1.54, 1.807) is 0 Å². The van der Waals surface area contributed by atoms with Gasteiger partial charge in [-0.05, 0) is 12.1 Å². The predicted molar refractivity (Wildman–Crippen MR) is 52.5 cm³/mol. The van der Waals surface area contributed by atoms with Crippen LogP contribution in [0.25, 0.3) is 11.5 Å². The van der Waals surface area contributed by atoms with Gasteiger partial charge >= 0.3 is 0 Å². The van der Waals surface area contributed by atoms with E-state index in [-0.39, 0.29) is 17.2 Å². The average Bonchev–Trinajstić information content (AvgIpc) is 2.17.